The first-order valence-electron chi connectivity index (χ1n) is 4.39. The van der Waals surface area contributed by atoms with Crippen molar-refractivity contribution >= 4 is 34.5 Å². The Kier molecular flexibility index (Phi) is 3.36. The lowest BCUT2D eigenvalue weighted by molar-refractivity contribution is 0.489. The van der Waals surface area contributed by atoms with Gasteiger partial charge >= 0.3 is 0 Å². The molecular weight excluding hydrogens is 253 g/mol. The van der Waals surface area contributed by atoms with Gasteiger partial charge in [0, 0.05) is 18.0 Å². The highest BCUT2D eigenvalue weighted by molar-refractivity contribution is 7.20. The standard InChI is InChI=1S/C10H9Cl2NOS/c11-9-5-7(10(12)15-9)8(13)4-6-2-1-3-14-6/h1-3,5,8H,4,13H2. The Balaban J connectivity index is 2.14. The summed E-state index contributed by atoms with van der Waals surface area (Å²) in [5.41, 5.74) is 6.88. The van der Waals surface area contributed by atoms with Gasteiger partial charge in [0.2, 0.25) is 0 Å². The average Bonchev–Trinajstić information content (AvgIpc) is 2.75. The number of hydrogen-bond acceptors (Lipinski definition) is 3. The fraction of sp³-hybridized carbons (Fsp3) is 0.200. The second kappa shape index (κ2) is 4.58. The van der Waals surface area contributed by atoms with E-state index in [-0.39, 0.29) is 6.04 Å². The van der Waals surface area contributed by atoms with E-state index in [9.17, 15) is 0 Å². The first kappa shape index (κ1) is 11.0. The van der Waals surface area contributed by atoms with Crippen LogP contribution in [0.4, 0.5) is 0 Å². The van der Waals surface area contributed by atoms with Gasteiger partial charge < -0.3 is 10.2 Å². The zero-order valence-corrected chi connectivity index (χ0v) is 10.1. The summed E-state index contributed by atoms with van der Waals surface area (Å²) < 4.78 is 6.53. The molecule has 80 valence electrons. The molecule has 0 bridgehead atoms. The summed E-state index contributed by atoms with van der Waals surface area (Å²) in [5, 5.41) is 0. The van der Waals surface area contributed by atoms with E-state index in [0.29, 0.717) is 15.1 Å². The molecule has 0 amide bonds. The molecule has 15 heavy (non-hydrogen) atoms. The summed E-state index contributed by atoms with van der Waals surface area (Å²) in [6.07, 6.45) is 2.25. The van der Waals surface area contributed by atoms with E-state index in [1.807, 2.05) is 18.2 Å². The Hall–Kier alpha value is -0.480. The number of hydrogen-bond donors (Lipinski definition) is 1. The first-order valence-corrected chi connectivity index (χ1v) is 5.96. The largest absolute Gasteiger partial charge is 0.469 e. The normalized spacial score (nSPS) is 13.0. The van der Waals surface area contributed by atoms with Crippen LogP contribution < -0.4 is 5.73 Å². The van der Waals surface area contributed by atoms with Crippen molar-refractivity contribution in [3.8, 4) is 0 Å². The lowest BCUT2D eigenvalue weighted by Crippen LogP contribution is -2.12. The van der Waals surface area contributed by atoms with Crippen LogP contribution in [-0.4, -0.2) is 0 Å². The number of nitrogens with two attached hydrogens (primary N) is 1. The Bertz CT molecular complexity index is 438. The van der Waals surface area contributed by atoms with Gasteiger partial charge in [-0.15, -0.1) is 11.3 Å². The average molecular weight is 262 g/mol. The molecule has 1 unspecified atom stereocenters. The van der Waals surface area contributed by atoms with Gasteiger partial charge in [-0.05, 0) is 18.2 Å². The summed E-state index contributed by atoms with van der Waals surface area (Å²) in [4.78, 5) is 0. The molecule has 0 saturated carbocycles. The number of rotatable bonds is 3. The van der Waals surface area contributed by atoms with Gasteiger partial charge in [-0.1, -0.05) is 23.2 Å². The Labute approximate surface area is 102 Å². The van der Waals surface area contributed by atoms with E-state index in [1.165, 1.54) is 11.3 Å². The molecule has 0 fully saturated rings. The van der Waals surface area contributed by atoms with Crippen molar-refractivity contribution in [1.82, 2.24) is 0 Å². The minimum atomic E-state index is -0.174. The molecule has 2 aromatic rings. The van der Waals surface area contributed by atoms with Crippen molar-refractivity contribution in [3.63, 3.8) is 0 Å². The molecule has 2 rings (SSSR count). The van der Waals surface area contributed by atoms with Crippen molar-refractivity contribution in [3.05, 3.63) is 44.5 Å². The highest BCUT2D eigenvalue weighted by Gasteiger charge is 2.15. The molecule has 0 saturated heterocycles. The summed E-state index contributed by atoms with van der Waals surface area (Å²) in [5.74, 6) is 0.848. The Morgan fingerprint density at radius 3 is 2.80 bits per heavy atom. The van der Waals surface area contributed by atoms with Gasteiger partial charge in [-0.3, -0.25) is 0 Å². The van der Waals surface area contributed by atoms with Gasteiger partial charge in [0.1, 0.15) is 5.76 Å². The van der Waals surface area contributed by atoms with E-state index in [1.54, 1.807) is 6.26 Å². The zero-order chi connectivity index (χ0) is 10.8. The van der Waals surface area contributed by atoms with Crippen LogP contribution >= 0.6 is 34.5 Å². The van der Waals surface area contributed by atoms with E-state index >= 15 is 0 Å². The van der Waals surface area contributed by atoms with Crippen molar-refractivity contribution in [2.45, 2.75) is 12.5 Å². The SMILES string of the molecule is NC(Cc1ccco1)c1cc(Cl)sc1Cl. The third-order valence-corrected chi connectivity index (χ3v) is 3.60. The van der Waals surface area contributed by atoms with E-state index in [4.69, 9.17) is 33.4 Å². The smallest absolute Gasteiger partial charge is 0.105 e. The highest BCUT2D eigenvalue weighted by atomic mass is 35.5. The van der Waals surface area contributed by atoms with Crippen LogP contribution in [0.5, 0.6) is 0 Å². The summed E-state index contributed by atoms with van der Waals surface area (Å²) in [6.45, 7) is 0. The van der Waals surface area contributed by atoms with Crippen LogP contribution in [0.1, 0.15) is 17.4 Å². The van der Waals surface area contributed by atoms with Crippen LogP contribution in [0.15, 0.2) is 28.9 Å². The third kappa shape index (κ3) is 2.55. The predicted molar refractivity (Wildman–Crippen MR) is 63.7 cm³/mol. The molecule has 0 aliphatic heterocycles. The molecule has 2 N–H and O–H groups in total. The van der Waals surface area contributed by atoms with Crippen molar-refractivity contribution < 1.29 is 4.42 Å². The fourth-order valence-electron chi connectivity index (χ4n) is 1.36. The minimum absolute atomic E-state index is 0.174. The number of furan rings is 1. The molecule has 0 radical (unpaired) electrons. The Morgan fingerprint density at radius 1 is 1.47 bits per heavy atom. The topological polar surface area (TPSA) is 39.2 Å². The van der Waals surface area contributed by atoms with E-state index in [2.05, 4.69) is 0 Å². The molecule has 2 heterocycles. The molecule has 2 nitrogen and oxygen atoms in total. The van der Waals surface area contributed by atoms with Crippen LogP contribution in [0.2, 0.25) is 8.67 Å². The first-order chi connectivity index (χ1) is 7.16. The molecule has 5 heteroatoms. The van der Waals surface area contributed by atoms with E-state index < -0.39 is 0 Å². The highest BCUT2D eigenvalue weighted by Crippen LogP contribution is 2.35. The predicted octanol–water partition coefficient (Wildman–Crippen LogP) is 3.89. The molecule has 0 spiro atoms. The second-order valence-electron chi connectivity index (χ2n) is 3.17. The van der Waals surface area contributed by atoms with Gasteiger partial charge in [0.25, 0.3) is 0 Å². The second-order valence-corrected chi connectivity index (χ2v) is 5.46. The zero-order valence-electron chi connectivity index (χ0n) is 7.74. The molecule has 2 aromatic heterocycles. The minimum Gasteiger partial charge on any atom is -0.469 e. The Morgan fingerprint density at radius 2 is 2.27 bits per heavy atom. The maximum absolute atomic E-state index is 6.00. The lowest BCUT2D eigenvalue weighted by atomic mass is 10.1. The summed E-state index contributed by atoms with van der Waals surface area (Å²) in [7, 11) is 0. The fourth-order valence-corrected chi connectivity index (χ4v) is 2.96. The van der Waals surface area contributed by atoms with Gasteiger partial charge in [0.05, 0.1) is 14.9 Å². The number of thiophene rings is 1. The maximum Gasteiger partial charge on any atom is 0.105 e. The van der Waals surface area contributed by atoms with Crippen LogP contribution in [0.3, 0.4) is 0 Å². The van der Waals surface area contributed by atoms with Gasteiger partial charge in [0.15, 0.2) is 0 Å². The molecule has 0 aliphatic rings. The van der Waals surface area contributed by atoms with Crippen molar-refractivity contribution in [2.24, 2.45) is 5.73 Å². The monoisotopic (exact) mass is 261 g/mol. The van der Waals surface area contributed by atoms with Crippen LogP contribution in [0.25, 0.3) is 0 Å². The molecular formula is C10H9Cl2NOS. The van der Waals surface area contributed by atoms with Crippen LogP contribution in [-0.2, 0) is 6.42 Å². The quantitative estimate of drug-likeness (QED) is 0.911. The summed E-state index contributed by atoms with van der Waals surface area (Å²) in [6, 6.07) is 5.36. The van der Waals surface area contributed by atoms with Gasteiger partial charge in [-0.2, -0.15) is 0 Å². The number of halogens is 2. The lowest BCUT2D eigenvalue weighted by Gasteiger charge is -2.08. The molecule has 0 aliphatic carbocycles. The van der Waals surface area contributed by atoms with Crippen LogP contribution in [0, 0.1) is 0 Å². The maximum atomic E-state index is 6.00. The van der Waals surface area contributed by atoms with Crippen molar-refractivity contribution in [1.29, 1.82) is 0 Å². The van der Waals surface area contributed by atoms with E-state index in [0.717, 1.165) is 11.3 Å². The van der Waals surface area contributed by atoms with Crippen molar-refractivity contribution in [2.75, 3.05) is 0 Å². The van der Waals surface area contributed by atoms with Gasteiger partial charge in [-0.25, -0.2) is 0 Å². The third-order valence-electron chi connectivity index (χ3n) is 2.08. The molecule has 0 aromatic carbocycles. The summed E-state index contributed by atoms with van der Waals surface area (Å²) >= 11 is 13.2. The molecule has 1 atom stereocenters.